The van der Waals surface area contributed by atoms with E-state index in [1.54, 1.807) is 14.1 Å². The van der Waals surface area contributed by atoms with Gasteiger partial charge in [-0.25, -0.2) is 4.79 Å². The zero-order valence-corrected chi connectivity index (χ0v) is 21.2. The molecule has 190 valence electrons. The van der Waals surface area contributed by atoms with E-state index in [9.17, 15) is 9.59 Å². The van der Waals surface area contributed by atoms with Crippen LogP contribution in [0.2, 0.25) is 0 Å². The molecular formula is C27H42N2O5. The van der Waals surface area contributed by atoms with Crippen molar-refractivity contribution in [1.82, 2.24) is 9.80 Å². The molecule has 1 aromatic carbocycles. The molecule has 7 heteroatoms. The highest BCUT2D eigenvalue weighted by molar-refractivity contribution is 5.78. The van der Waals surface area contributed by atoms with Crippen LogP contribution < -0.4 is 9.47 Å². The molecule has 1 saturated heterocycles. The van der Waals surface area contributed by atoms with Crippen LogP contribution in [0.4, 0.5) is 4.79 Å². The lowest BCUT2D eigenvalue weighted by Gasteiger charge is -2.32. The minimum atomic E-state index is -0.532. The number of hydrogen-bond acceptors (Lipinski definition) is 6. The number of amides is 1. The minimum absolute atomic E-state index is 0.118. The van der Waals surface area contributed by atoms with E-state index in [4.69, 9.17) is 14.2 Å². The number of unbranched alkanes of at least 4 members (excludes halogenated alkanes) is 4. The van der Waals surface area contributed by atoms with E-state index in [1.165, 1.54) is 37.0 Å². The van der Waals surface area contributed by atoms with Crippen LogP contribution in [-0.2, 0) is 9.53 Å². The Balaban J connectivity index is 1.79. The summed E-state index contributed by atoms with van der Waals surface area (Å²) < 4.78 is 17.5. The average Bonchev–Trinajstić information content (AvgIpc) is 3.34. The van der Waals surface area contributed by atoms with Crippen molar-refractivity contribution in [3.05, 3.63) is 23.8 Å². The molecule has 2 heterocycles. The van der Waals surface area contributed by atoms with Crippen LogP contribution in [0, 0.1) is 5.92 Å². The van der Waals surface area contributed by atoms with Gasteiger partial charge in [-0.1, -0.05) is 38.7 Å². The highest BCUT2D eigenvalue weighted by Gasteiger charge is 2.32. The number of Topliss-reactive ketones (excluding diaryl/α,β-unsaturated/α-hetero) is 1. The van der Waals surface area contributed by atoms with Crippen molar-refractivity contribution in [2.75, 3.05) is 46.9 Å². The number of benzene rings is 1. The molecule has 0 radical (unpaired) electrons. The van der Waals surface area contributed by atoms with Crippen molar-refractivity contribution in [3.8, 4) is 11.5 Å². The highest BCUT2D eigenvalue weighted by Crippen LogP contribution is 2.38. The smallest absolute Gasteiger partial charge is 0.409 e. The van der Waals surface area contributed by atoms with Gasteiger partial charge in [0.1, 0.15) is 25.1 Å². The van der Waals surface area contributed by atoms with Gasteiger partial charge in [-0.15, -0.1) is 0 Å². The zero-order chi connectivity index (χ0) is 24.3. The molecule has 3 rings (SSSR count). The lowest BCUT2D eigenvalue weighted by molar-refractivity contribution is -0.121. The summed E-state index contributed by atoms with van der Waals surface area (Å²) in [6, 6.07) is 5.73. The molecule has 1 amide bonds. The van der Waals surface area contributed by atoms with Gasteiger partial charge in [0.25, 0.3) is 0 Å². The summed E-state index contributed by atoms with van der Waals surface area (Å²) in [4.78, 5) is 29.5. The number of ether oxygens (including phenoxy) is 3. The first-order valence-electron chi connectivity index (χ1n) is 13.0. The first kappa shape index (κ1) is 26.3. The number of rotatable bonds is 13. The Kier molecular flexibility index (Phi) is 10.5. The average molecular weight is 475 g/mol. The fourth-order valence-electron chi connectivity index (χ4n) is 4.77. The maximum atomic E-state index is 13.0. The summed E-state index contributed by atoms with van der Waals surface area (Å²) in [6.07, 6.45) is 8.03. The van der Waals surface area contributed by atoms with Crippen LogP contribution in [0.5, 0.6) is 11.5 Å². The molecule has 0 bridgehead atoms. The maximum Gasteiger partial charge on any atom is 0.409 e. The second-order valence-electron chi connectivity index (χ2n) is 9.78. The van der Waals surface area contributed by atoms with Gasteiger partial charge in [-0.3, -0.25) is 4.79 Å². The van der Waals surface area contributed by atoms with Crippen molar-refractivity contribution in [2.24, 2.45) is 5.92 Å². The van der Waals surface area contributed by atoms with Crippen LogP contribution in [-0.4, -0.2) is 68.6 Å². The van der Waals surface area contributed by atoms with Crippen molar-refractivity contribution >= 4 is 11.9 Å². The van der Waals surface area contributed by atoms with Gasteiger partial charge in [-0.2, -0.15) is 0 Å². The summed E-state index contributed by atoms with van der Waals surface area (Å²) in [5.41, 5.74) is 0.847. The fourth-order valence-corrected chi connectivity index (χ4v) is 4.77. The van der Waals surface area contributed by atoms with E-state index in [0.29, 0.717) is 37.6 Å². The quantitative estimate of drug-likeness (QED) is 0.365. The lowest BCUT2D eigenvalue weighted by Crippen LogP contribution is -2.35. The van der Waals surface area contributed by atoms with Crippen LogP contribution in [0.1, 0.15) is 76.4 Å². The number of hydrogen-bond donors (Lipinski definition) is 0. The van der Waals surface area contributed by atoms with Gasteiger partial charge in [-0.05, 0) is 50.0 Å². The van der Waals surface area contributed by atoms with Crippen molar-refractivity contribution in [2.45, 2.75) is 70.8 Å². The summed E-state index contributed by atoms with van der Waals surface area (Å²) in [5, 5.41) is 0. The predicted octanol–water partition coefficient (Wildman–Crippen LogP) is 5.23. The lowest BCUT2D eigenvalue weighted by atomic mass is 9.89. The van der Waals surface area contributed by atoms with E-state index in [2.05, 4.69) is 11.8 Å². The zero-order valence-electron chi connectivity index (χ0n) is 21.2. The monoisotopic (exact) mass is 474 g/mol. The van der Waals surface area contributed by atoms with E-state index in [0.717, 1.165) is 38.0 Å². The number of carbonyl (C=O) groups is 2. The SMILES string of the molecule is CCCCCCCC(=O)C[C@H](CN1CCCC1)[C@H](OC(=O)N(C)C)c1ccc2c(c1)OCCO2. The van der Waals surface area contributed by atoms with Crippen molar-refractivity contribution in [3.63, 3.8) is 0 Å². The minimum Gasteiger partial charge on any atom is -0.486 e. The summed E-state index contributed by atoms with van der Waals surface area (Å²) >= 11 is 0. The molecule has 1 aromatic rings. The molecule has 0 aliphatic carbocycles. The molecule has 0 spiro atoms. The van der Waals surface area contributed by atoms with Gasteiger partial charge in [0, 0.05) is 39.4 Å². The van der Waals surface area contributed by atoms with Gasteiger partial charge >= 0.3 is 6.09 Å². The Labute approximate surface area is 204 Å². The standard InChI is InChI=1S/C27H42N2O5/c1-4-5-6-7-8-11-23(30)18-22(20-29-14-9-10-15-29)26(34-27(31)28(2)3)21-12-13-24-25(19-21)33-17-16-32-24/h12-13,19,22,26H,4-11,14-18,20H2,1-3H3/t22-,26-/m1/s1. The molecule has 0 N–H and O–H groups in total. The third kappa shape index (κ3) is 7.90. The van der Waals surface area contributed by atoms with Crippen molar-refractivity contribution < 1.29 is 23.8 Å². The molecular weight excluding hydrogens is 432 g/mol. The number of ketones is 1. The highest BCUT2D eigenvalue weighted by atomic mass is 16.6. The van der Waals surface area contributed by atoms with Gasteiger partial charge in [0.15, 0.2) is 11.5 Å². The molecule has 2 aliphatic heterocycles. The molecule has 0 aromatic heterocycles. The van der Waals surface area contributed by atoms with E-state index < -0.39 is 12.2 Å². The van der Waals surface area contributed by atoms with Crippen molar-refractivity contribution in [1.29, 1.82) is 0 Å². The summed E-state index contributed by atoms with van der Waals surface area (Å²) in [5.74, 6) is 1.50. The largest absolute Gasteiger partial charge is 0.486 e. The third-order valence-electron chi connectivity index (χ3n) is 6.66. The van der Waals surface area contributed by atoms with E-state index >= 15 is 0 Å². The number of nitrogens with zero attached hydrogens (tertiary/aromatic N) is 2. The molecule has 2 atom stereocenters. The van der Waals surface area contributed by atoms with Crippen LogP contribution in [0.25, 0.3) is 0 Å². The maximum absolute atomic E-state index is 13.0. The normalized spacial score (nSPS) is 17.3. The predicted molar refractivity (Wildman–Crippen MR) is 133 cm³/mol. The second kappa shape index (κ2) is 13.6. The number of carbonyl (C=O) groups excluding carboxylic acids is 2. The molecule has 0 saturated carbocycles. The second-order valence-corrected chi connectivity index (χ2v) is 9.78. The molecule has 2 aliphatic rings. The fraction of sp³-hybridized carbons (Fsp3) is 0.704. The van der Waals surface area contributed by atoms with E-state index in [-0.39, 0.29) is 11.7 Å². The first-order valence-corrected chi connectivity index (χ1v) is 13.0. The first-order chi connectivity index (χ1) is 16.5. The Morgan fingerprint density at radius 1 is 1.03 bits per heavy atom. The van der Waals surface area contributed by atoms with Crippen LogP contribution in [0.3, 0.4) is 0 Å². The van der Waals surface area contributed by atoms with Gasteiger partial charge in [0.2, 0.25) is 0 Å². The number of likely N-dealkylation sites (tertiary alicyclic amines) is 1. The Bertz CT molecular complexity index is 791. The molecule has 0 unspecified atom stereocenters. The van der Waals surface area contributed by atoms with Crippen LogP contribution >= 0.6 is 0 Å². The van der Waals surface area contributed by atoms with Crippen LogP contribution in [0.15, 0.2) is 18.2 Å². The van der Waals surface area contributed by atoms with E-state index in [1.807, 2.05) is 18.2 Å². The summed E-state index contributed by atoms with van der Waals surface area (Å²) in [6.45, 7) is 6.00. The van der Waals surface area contributed by atoms with Gasteiger partial charge in [0.05, 0.1) is 0 Å². The third-order valence-corrected chi connectivity index (χ3v) is 6.66. The Morgan fingerprint density at radius 3 is 2.44 bits per heavy atom. The number of fused-ring (bicyclic) bond motifs is 1. The van der Waals surface area contributed by atoms with Gasteiger partial charge < -0.3 is 24.0 Å². The summed E-state index contributed by atoms with van der Waals surface area (Å²) in [7, 11) is 3.36. The molecule has 1 fully saturated rings. The Hall–Kier alpha value is -2.28. The topological polar surface area (TPSA) is 68.3 Å². The molecule has 7 nitrogen and oxygen atoms in total. The Morgan fingerprint density at radius 2 is 1.74 bits per heavy atom. The molecule has 34 heavy (non-hydrogen) atoms.